The first-order valence-corrected chi connectivity index (χ1v) is 7.40. The van der Waals surface area contributed by atoms with Gasteiger partial charge in [-0.15, -0.1) is 0 Å². The molecule has 1 N–H and O–H groups in total. The molecular formula is C13H21BrN2O2. The van der Waals surface area contributed by atoms with Gasteiger partial charge < -0.3 is 9.84 Å². The Bertz CT molecular complexity index is 400. The summed E-state index contributed by atoms with van der Waals surface area (Å²) in [6, 6.07) is 0. The zero-order valence-corrected chi connectivity index (χ0v) is 12.6. The number of hydrogen-bond acceptors (Lipinski definition) is 3. The molecule has 2 rings (SSSR count). The molecule has 2 atom stereocenters. The van der Waals surface area contributed by atoms with Crippen molar-refractivity contribution in [3.63, 3.8) is 0 Å². The van der Waals surface area contributed by atoms with E-state index < -0.39 is 0 Å². The van der Waals surface area contributed by atoms with Crippen LogP contribution in [0.3, 0.4) is 0 Å². The van der Waals surface area contributed by atoms with E-state index in [1.807, 2.05) is 11.6 Å². The van der Waals surface area contributed by atoms with Crippen LogP contribution in [0.5, 0.6) is 0 Å². The van der Waals surface area contributed by atoms with Crippen LogP contribution in [0.15, 0.2) is 4.47 Å². The molecule has 102 valence electrons. The van der Waals surface area contributed by atoms with Crippen LogP contribution >= 0.6 is 15.9 Å². The van der Waals surface area contributed by atoms with Crippen molar-refractivity contribution in [3.8, 4) is 0 Å². The minimum atomic E-state index is -0.344. The molecule has 0 amide bonds. The van der Waals surface area contributed by atoms with Gasteiger partial charge in [0.2, 0.25) is 0 Å². The quantitative estimate of drug-likeness (QED) is 0.927. The molecule has 4 nitrogen and oxygen atoms in total. The number of aromatic nitrogens is 2. The second-order valence-electron chi connectivity index (χ2n) is 4.91. The van der Waals surface area contributed by atoms with Crippen LogP contribution in [0.4, 0.5) is 0 Å². The molecule has 0 saturated carbocycles. The van der Waals surface area contributed by atoms with E-state index in [0.29, 0.717) is 13.0 Å². The summed E-state index contributed by atoms with van der Waals surface area (Å²) >= 11 is 3.57. The van der Waals surface area contributed by atoms with Gasteiger partial charge in [0.1, 0.15) is 0 Å². The SMILES string of the molecule is CCn1nc(C)c(Br)c1CC(O)C1CCCOC1. The first kappa shape index (κ1) is 14.0. The van der Waals surface area contributed by atoms with E-state index in [1.165, 1.54) is 0 Å². The molecule has 0 aliphatic carbocycles. The average Bonchev–Trinajstić information content (AvgIpc) is 2.67. The lowest BCUT2D eigenvalue weighted by molar-refractivity contribution is -0.00917. The molecule has 2 heterocycles. The minimum Gasteiger partial charge on any atom is -0.392 e. The van der Waals surface area contributed by atoms with Crippen LogP contribution in [0, 0.1) is 12.8 Å². The van der Waals surface area contributed by atoms with Crippen LogP contribution in [0.1, 0.15) is 31.2 Å². The van der Waals surface area contributed by atoms with Gasteiger partial charge in [0.15, 0.2) is 0 Å². The predicted molar refractivity (Wildman–Crippen MR) is 73.6 cm³/mol. The number of nitrogens with zero attached hydrogens (tertiary/aromatic N) is 2. The van der Waals surface area contributed by atoms with Gasteiger partial charge in [-0.2, -0.15) is 5.10 Å². The van der Waals surface area contributed by atoms with Crippen LogP contribution in [0.2, 0.25) is 0 Å². The highest BCUT2D eigenvalue weighted by Gasteiger charge is 2.25. The zero-order valence-electron chi connectivity index (χ0n) is 11.0. The standard InChI is InChI=1S/C13H21BrN2O2/c1-3-16-11(13(14)9(2)15-16)7-12(17)10-5-4-6-18-8-10/h10,12,17H,3-8H2,1-2H3. The maximum Gasteiger partial charge on any atom is 0.0738 e. The van der Waals surface area contributed by atoms with Crippen LogP contribution in [-0.4, -0.2) is 34.2 Å². The lowest BCUT2D eigenvalue weighted by Gasteiger charge is -2.26. The lowest BCUT2D eigenvalue weighted by atomic mass is 9.93. The second-order valence-corrected chi connectivity index (χ2v) is 5.70. The topological polar surface area (TPSA) is 47.3 Å². The summed E-state index contributed by atoms with van der Waals surface area (Å²) < 4.78 is 8.43. The van der Waals surface area contributed by atoms with Crippen molar-refractivity contribution >= 4 is 15.9 Å². The van der Waals surface area contributed by atoms with Gasteiger partial charge in [0, 0.05) is 25.5 Å². The summed E-state index contributed by atoms with van der Waals surface area (Å²) in [4.78, 5) is 0. The monoisotopic (exact) mass is 316 g/mol. The van der Waals surface area contributed by atoms with Crippen LogP contribution in [0.25, 0.3) is 0 Å². The molecular weight excluding hydrogens is 296 g/mol. The minimum absolute atomic E-state index is 0.256. The molecule has 1 aromatic rings. The molecule has 0 aromatic carbocycles. The highest BCUT2D eigenvalue weighted by molar-refractivity contribution is 9.10. The molecule has 18 heavy (non-hydrogen) atoms. The largest absolute Gasteiger partial charge is 0.392 e. The molecule has 1 aliphatic heterocycles. The third-order valence-corrected chi connectivity index (χ3v) is 4.63. The fourth-order valence-electron chi connectivity index (χ4n) is 2.50. The van der Waals surface area contributed by atoms with Crippen molar-refractivity contribution in [2.24, 2.45) is 5.92 Å². The first-order valence-electron chi connectivity index (χ1n) is 6.61. The van der Waals surface area contributed by atoms with Crippen molar-refractivity contribution in [2.75, 3.05) is 13.2 Å². The average molecular weight is 317 g/mol. The number of ether oxygens (including phenoxy) is 1. The number of halogens is 1. The van der Waals surface area contributed by atoms with Crippen molar-refractivity contribution < 1.29 is 9.84 Å². The Labute approximate surface area is 116 Å². The zero-order chi connectivity index (χ0) is 13.1. The molecule has 0 radical (unpaired) electrons. The van der Waals surface area contributed by atoms with Crippen LogP contribution in [-0.2, 0) is 17.7 Å². The molecule has 1 aliphatic rings. The second kappa shape index (κ2) is 6.17. The summed E-state index contributed by atoms with van der Waals surface area (Å²) in [7, 11) is 0. The summed E-state index contributed by atoms with van der Waals surface area (Å²) in [6.07, 6.45) is 2.40. The molecule has 1 aromatic heterocycles. The van der Waals surface area contributed by atoms with Gasteiger partial charge in [-0.3, -0.25) is 4.68 Å². The van der Waals surface area contributed by atoms with Crippen molar-refractivity contribution in [1.82, 2.24) is 9.78 Å². The Morgan fingerprint density at radius 2 is 2.39 bits per heavy atom. The Morgan fingerprint density at radius 1 is 1.61 bits per heavy atom. The van der Waals surface area contributed by atoms with Gasteiger partial charge in [0.05, 0.1) is 28.6 Å². The van der Waals surface area contributed by atoms with E-state index in [0.717, 1.165) is 41.9 Å². The molecule has 2 unspecified atom stereocenters. The summed E-state index contributed by atoms with van der Waals surface area (Å²) in [5, 5.41) is 14.8. The third kappa shape index (κ3) is 2.95. The fourth-order valence-corrected chi connectivity index (χ4v) is 2.94. The third-order valence-electron chi connectivity index (χ3n) is 3.59. The number of aryl methyl sites for hydroxylation is 2. The Kier molecular flexibility index (Phi) is 4.81. The van der Waals surface area contributed by atoms with Gasteiger partial charge >= 0.3 is 0 Å². The van der Waals surface area contributed by atoms with Crippen molar-refractivity contribution in [1.29, 1.82) is 0 Å². The summed E-state index contributed by atoms with van der Waals surface area (Å²) in [5.74, 6) is 0.256. The first-order chi connectivity index (χ1) is 8.63. The summed E-state index contributed by atoms with van der Waals surface area (Å²) in [5.41, 5.74) is 2.08. The molecule has 1 saturated heterocycles. The Morgan fingerprint density at radius 3 is 3.00 bits per heavy atom. The number of rotatable bonds is 4. The number of hydrogen-bond donors (Lipinski definition) is 1. The van der Waals surface area contributed by atoms with Crippen LogP contribution < -0.4 is 0 Å². The van der Waals surface area contributed by atoms with E-state index in [2.05, 4.69) is 28.0 Å². The lowest BCUT2D eigenvalue weighted by Crippen LogP contribution is -2.31. The molecule has 5 heteroatoms. The molecule has 0 spiro atoms. The fraction of sp³-hybridized carbons (Fsp3) is 0.769. The Balaban J connectivity index is 2.08. The van der Waals surface area contributed by atoms with E-state index >= 15 is 0 Å². The number of aliphatic hydroxyl groups is 1. The van der Waals surface area contributed by atoms with E-state index in [-0.39, 0.29) is 12.0 Å². The van der Waals surface area contributed by atoms with Gasteiger partial charge in [-0.1, -0.05) is 0 Å². The highest BCUT2D eigenvalue weighted by atomic mass is 79.9. The van der Waals surface area contributed by atoms with Crippen molar-refractivity contribution in [3.05, 3.63) is 15.9 Å². The van der Waals surface area contributed by atoms with E-state index in [4.69, 9.17) is 4.74 Å². The molecule has 1 fully saturated rings. The highest BCUT2D eigenvalue weighted by Crippen LogP contribution is 2.26. The van der Waals surface area contributed by atoms with E-state index in [1.54, 1.807) is 0 Å². The predicted octanol–water partition coefficient (Wildman–Crippen LogP) is 2.30. The Hall–Kier alpha value is -0.390. The van der Waals surface area contributed by atoms with E-state index in [9.17, 15) is 5.11 Å². The van der Waals surface area contributed by atoms with Gasteiger partial charge in [-0.25, -0.2) is 0 Å². The van der Waals surface area contributed by atoms with Gasteiger partial charge in [-0.05, 0) is 42.6 Å². The maximum absolute atomic E-state index is 10.3. The molecule has 0 bridgehead atoms. The normalized spacial score (nSPS) is 22.1. The number of aliphatic hydroxyl groups excluding tert-OH is 1. The van der Waals surface area contributed by atoms with Gasteiger partial charge in [0.25, 0.3) is 0 Å². The maximum atomic E-state index is 10.3. The summed E-state index contributed by atoms with van der Waals surface area (Å²) in [6.45, 7) is 6.39. The van der Waals surface area contributed by atoms with Crippen molar-refractivity contribution in [2.45, 2.75) is 45.8 Å². The smallest absolute Gasteiger partial charge is 0.0738 e.